The summed E-state index contributed by atoms with van der Waals surface area (Å²) in [5.74, 6) is -1.73. The molecule has 0 spiro atoms. The second-order valence-electron chi connectivity index (χ2n) is 7.09. The molecular formula is C24H24FN3O4S2. The number of hydrogen-bond acceptors (Lipinski definition) is 7. The number of carbonyl (C=O) groups is 3. The molecule has 0 fully saturated rings. The van der Waals surface area contributed by atoms with Crippen LogP contribution < -0.4 is 10.6 Å². The highest BCUT2D eigenvalue weighted by Crippen LogP contribution is 2.29. The Bertz CT molecular complexity index is 1170. The minimum Gasteiger partial charge on any atom is -0.466 e. The summed E-state index contributed by atoms with van der Waals surface area (Å²) in [6.45, 7) is 3.94. The molecule has 0 radical (unpaired) electrons. The van der Waals surface area contributed by atoms with Gasteiger partial charge < -0.3 is 15.4 Å². The molecule has 0 saturated heterocycles. The van der Waals surface area contributed by atoms with Gasteiger partial charge in [0.15, 0.2) is 5.13 Å². The molecular weight excluding hydrogens is 477 g/mol. The third-order valence-corrected chi connectivity index (χ3v) is 6.73. The molecule has 2 amide bonds. The van der Waals surface area contributed by atoms with Crippen molar-refractivity contribution in [3.63, 3.8) is 0 Å². The van der Waals surface area contributed by atoms with Gasteiger partial charge in [0.1, 0.15) is 5.82 Å². The quantitative estimate of drug-likeness (QED) is 0.295. The summed E-state index contributed by atoms with van der Waals surface area (Å²) in [5, 5.41) is 7.20. The number of halogens is 1. The van der Waals surface area contributed by atoms with E-state index < -0.39 is 17.0 Å². The third-order valence-electron chi connectivity index (χ3n) is 4.56. The first kappa shape index (κ1) is 25.4. The molecule has 0 bridgehead atoms. The molecule has 7 nitrogen and oxygen atoms in total. The van der Waals surface area contributed by atoms with E-state index in [0.29, 0.717) is 29.5 Å². The lowest BCUT2D eigenvalue weighted by Crippen LogP contribution is -2.24. The van der Waals surface area contributed by atoms with Crippen molar-refractivity contribution < 1.29 is 23.5 Å². The van der Waals surface area contributed by atoms with Crippen molar-refractivity contribution in [1.29, 1.82) is 0 Å². The number of esters is 1. The van der Waals surface area contributed by atoms with Crippen molar-refractivity contribution >= 4 is 51.7 Å². The Balaban J connectivity index is 1.61. The van der Waals surface area contributed by atoms with Gasteiger partial charge in [-0.05, 0) is 43.7 Å². The smallest absolute Gasteiger partial charge is 0.311 e. The molecule has 0 aliphatic heterocycles. The molecule has 1 unspecified atom stereocenters. The predicted octanol–water partition coefficient (Wildman–Crippen LogP) is 5.15. The molecule has 3 rings (SSSR count). The fourth-order valence-electron chi connectivity index (χ4n) is 2.97. The van der Waals surface area contributed by atoms with Crippen molar-refractivity contribution in [2.75, 3.05) is 17.2 Å². The van der Waals surface area contributed by atoms with Gasteiger partial charge in [0.05, 0.1) is 29.5 Å². The van der Waals surface area contributed by atoms with Crippen LogP contribution in [0.1, 0.15) is 36.3 Å². The maximum absolute atomic E-state index is 13.9. The monoisotopic (exact) mass is 501 g/mol. The van der Waals surface area contributed by atoms with E-state index in [0.717, 1.165) is 4.90 Å². The van der Waals surface area contributed by atoms with Crippen LogP contribution in [0.15, 0.2) is 58.8 Å². The molecule has 1 aromatic heterocycles. The maximum atomic E-state index is 13.9. The lowest BCUT2D eigenvalue weighted by molar-refractivity contribution is -0.142. The van der Waals surface area contributed by atoms with Crippen LogP contribution in [0.3, 0.4) is 0 Å². The number of anilines is 2. The molecule has 0 aliphatic carbocycles. The van der Waals surface area contributed by atoms with Gasteiger partial charge in [0.2, 0.25) is 5.91 Å². The van der Waals surface area contributed by atoms with E-state index in [1.807, 2.05) is 13.0 Å². The zero-order chi connectivity index (χ0) is 24.5. The van der Waals surface area contributed by atoms with E-state index >= 15 is 0 Å². The molecule has 10 heteroatoms. The summed E-state index contributed by atoms with van der Waals surface area (Å²) in [7, 11) is 0. The highest BCUT2D eigenvalue weighted by molar-refractivity contribution is 8.00. The Kier molecular flexibility index (Phi) is 9.17. The van der Waals surface area contributed by atoms with Crippen LogP contribution >= 0.6 is 23.1 Å². The summed E-state index contributed by atoms with van der Waals surface area (Å²) in [6, 6.07) is 12.8. The highest BCUT2D eigenvalue weighted by Gasteiger charge is 2.20. The van der Waals surface area contributed by atoms with E-state index in [1.165, 1.54) is 41.3 Å². The zero-order valence-corrected chi connectivity index (χ0v) is 20.3. The van der Waals surface area contributed by atoms with Crippen LogP contribution in [0.5, 0.6) is 0 Å². The van der Waals surface area contributed by atoms with Crippen LogP contribution in [0, 0.1) is 5.82 Å². The number of benzene rings is 2. The van der Waals surface area contributed by atoms with Gasteiger partial charge >= 0.3 is 5.97 Å². The minimum atomic E-state index is -0.596. The normalized spacial score (nSPS) is 11.5. The Morgan fingerprint density at radius 2 is 1.91 bits per heavy atom. The topological polar surface area (TPSA) is 97.4 Å². The van der Waals surface area contributed by atoms with Gasteiger partial charge in [0, 0.05) is 16.0 Å². The van der Waals surface area contributed by atoms with Crippen molar-refractivity contribution in [2.24, 2.45) is 0 Å². The Morgan fingerprint density at radius 3 is 2.65 bits per heavy atom. The first-order valence-electron chi connectivity index (χ1n) is 10.6. The van der Waals surface area contributed by atoms with E-state index in [-0.39, 0.29) is 23.9 Å². The van der Waals surface area contributed by atoms with Crippen LogP contribution in [-0.2, 0) is 20.7 Å². The molecule has 0 saturated carbocycles. The van der Waals surface area contributed by atoms with Crippen molar-refractivity contribution in [2.45, 2.75) is 36.8 Å². The number of rotatable bonds is 10. The number of thiazole rings is 1. The molecule has 2 aromatic carbocycles. The van der Waals surface area contributed by atoms with E-state index in [4.69, 9.17) is 4.74 Å². The van der Waals surface area contributed by atoms with Crippen molar-refractivity contribution in [1.82, 2.24) is 4.98 Å². The number of hydrogen-bond donors (Lipinski definition) is 2. The lowest BCUT2D eigenvalue weighted by atomic mass is 10.2. The predicted molar refractivity (Wildman–Crippen MR) is 132 cm³/mol. The van der Waals surface area contributed by atoms with E-state index in [1.54, 1.807) is 36.6 Å². The minimum absolute atomic E-state index is 0.0443. The largest absolute Gasteiger partial charge is 0.466 e. The highest BCUT2D eigenvalue weighted by atomic mass is 32.2. The van der Waals surface area contributed by atoms with Gasteiger partial charge in [0.25, 0.3) is 5.91 Å². The van der Waals surface area contributed by atoms with Gasteiger partial charge in [-0.25, -0.2) is 9.37 Å². The maximum Gasteiger partial charge on any atom is 0.311 e. The van der Waals surface area contributed by atoms with Crippen LogP contribution in [0.25, 0.3) is 0 Å². The zero-order valence-electron chi connectivity index (χ0n) is 18.7. The standard InChI is InChI=1S/C24H24FN3O4S2/c1-3-20(23(31)28-24-27-16(14-33-24)13-21(29)32-4-2)34-17-9-7-8-15(12-17)26-22(30)18-10-5-6-11-19(18)25/h5-12,14,20H,3-4,13H2,1-2H3,(H,26,30)(H,27,28,31). The van der Waals surface area contributed by atoms with Crippen LogP contribution in [-0.4, -0.2) is 34.6 Å². The molecule has 1 heterocycles. The first-order chi connectivity index (χ1) is 16.4. The molecule has 34 heavy (non-hydrogen) atoms. The molecule has 3 aromatic rings. The number of nitrogens with zero attached hydrogens (tertiary/aromatic N) is 1. The van der Waals surface area contributed by atoms with E-state index in [2.05, 4.69) is 15.6 Å². The second kappa shape index (κ2) is 12.3. The van der Waals surface area contributed by atoms with E-state index in [9.17, 15) is 18.8 Å². The Hall–Kier alpha value is -3.24. The number of aromatic nitrogens is 1. The van der Waals surface area contributed by atoms with Crippen LogP contribution in [0.4, 0.5) is 15.2 Å². The number of carbonyl (C=O) groups excluding carboxylic acids is 3. The fourth-order valence-corrected chi connectivity index (χ4v) is 4.70. The SMILES string of the molecule is CCOC(=O)Cc1csc(NC(=O)C(CC)Sc2cccc(NC(=O)c3ccccc3F)c2)n1. The number of amides is 2. The average Bonchev–Trinajstić information content (AvgIpc) is 3.24. The van der Waals surface area contributed by atoms with Crippen LogP contribution in [0.2, 0.25) is 0 Å². The Labute approximate surface area is 205 Å². The van der Waals surface area contributed by atoms with Gasteiger partial charge in [-0.1, -0.05) is 25.1 Å². The summed E-state index contributed by atoms with van der Waals surface area (Å²) in [4.78, 5) is 41.8. The van der Waals surface area contributed by atoms with Crippen molar-refractivity contribution in [3.8, 4) is 0 Å². The third kappa shape index (κ3) is 7.13. The second-order valence-corrected chi connectivity index (χ2v) is 9.23. The first-order valence-corrected chi connectivity index (χ1v) is 12.4. The summed E-state index contributed by atoms with van der Waals surface area (Å²) in [6.07, 6.45) is 0.612. The van der Waals surface area contributed by atoms with Gasteiger partial charge in [-0.2, -0.15) is 0 Å². The fraction of sp³-hybridized carbons (Fsp3) is 0.250. The number of ether oxygens (including phenoxy) is 1. The number of thioether (sulfide) groups is 1. The van der Waals surface area contributed by atoms with Crippen molar-refractivity contribution in [3.05, 3.63) is 71.0 Å². The van der Waals surface area contributed by atoms with Gasteiger partial charge in [-0.15, -0.1) is 23.1 Å². The lowest BCUT2D eigenvalue weighted by Gasteiger charge is -2.14. The molecule has 178 valence electrons. The molecule has 2 N–H and O–H groups in total. The van der Waals surface area contributed by atoms with Gasteiger partial charge in [-0.3, -0.25) is 14.4 Å². The average molecular weight is 502 g/mol. The summed E-state index contributed by atoms with van der Waals surface area (Å²) < 4.78 is 18.8. The summed E-state index contributed by atoms with van der Waals surface area (Å²) >= 11 is 2.59. The molecule has 0 aliphatic rings. The number of nitrogens with one attached hydrogen (secondary N) is 2. The summed E-state index contributed by atoms with van der Waals surface area (Å²) in [5.41, 5.74) is 0.993. The molecule has 1 atom stereocenters. The Morgan fingerprint density at radius 1 is 1.12 bits per heavy atom.